The molecule has 4 nitrogen and oxygen atoms in total. The first kappa shape index (κ1) is 16.8. The van der Waals surface area contributed by atoms with Gasteiger partial charge in [-0.25, -0.2) is 4.98 Å². The Morgan fingerprint density at radius 2 is 1.41 bits per heavy atom. The van der Waals surface area contributed by atoms with Gasteiger partial charge >= 0.3 is 0 Å². The predicted molar refractivity (Wildman–Crippen MR) is 106 cm³/mol. The van der Waals surface area contributed by atoms with Crippen LogP contribution >= 0.6 is 0 Å². The average molecular weight is 354 g/mol. The van der Waals surface area contributed by atoms with Crippen molar-refractivity contribution in [3.63, 3.8) is 0 Å². The van der Waals surface area contributed by atoms with Crippen molar-refractivity contribution in [2.24, 2.45) is 0 Å². The van der Waals surface area contributed by atoms with Crippen LogP contribution in [0, 0.1) is 0 Å². The van der Waals surface area contributed by atoms with Crippen LogP contribution in [0.4, 0.5) is 0 Å². The first-order chi connectivity index (χ1) is 13.3. The number of hydrogen-bond donors (Lipinski definition) is 1. The molecule has 3 aromatic carbocycles. The molecule has 132 valence electrons. The van der Waals surface area contributed by atoms with Crippen LogP contribution in [0.5, 0.6) is 5.75 Å². The van der Waals surface area contributed by atoms with Gasteiger partial charge in [-0.05, 0) is 24.3 Å². The predicted octanol–water partition coefficient (Wildman–Crippen LogP) is 4.98. The van der Waals surface area contributed by atoms with E-state index in [2.05, 4.69) is 9.97 Å². The molecule has 4 rings (SSSR count). The average Bonchev–Trinajstić information content (AvgIpc) is 3.20. The van der Waals surface area contributed by atoms with Crippen molar-refractivity contribution in [3.05, 3.63) is 96.3 Å². The molecule has 1 heterocycles. The van der Waals surface area contributed by atoms with E-state index in [1.807, 2.05) is 60.7 Å². The molecule has 27 heavy (non-hydrogen) atoms. The normalized spacial score (nSPS) is 10.6. The molecule has 1 aromatic heterocycles. The number of ether oxygens (including phenoxy) is 1. The third-order valence-corrected chi connectivity index (χ3v) is 4.38. The Balaban J connectivity index is 1.80. The van der Waals surface area contributed by atoms with E-state index in [4.69, 9.17) is 4.74 Å². The van der Waals surface area contributed by atoms with Crippen molar-refractivity contribution in [3.8, 4) is 28.3 Å². The molecule has 0 fully saturated rings. The van der Waals surface area contributed by atoms with E-state index in [0.29, 0.717) is 17.1 Å². The van der Waals surface area contributed by atoms with E-state index >= 15 is 0 Å². The maximum Gasteiger partial charge on any atom is 0.228 e. The van der Waals surface area contributed by atoms with Gasteiger partial charge in [0.2, 0.25) is 5.78 Å². The zero-order valence-corrected chi connectivity index (χ0v) is 14.8. The monoisotopic (exact) mass is 354 g/mol. The summed E-state index contributed by atoms with van der Waals surface area (Å²) in [4.78, 5) is 20.8. The minimum absolute atomic E-state index is 0.156. The highest BCUT2D eigenvalue weighted by Gasteiger charge is 2.19. The number of methoxy groups -OCH3 is 1. The smallest absolute Gasteiger partial charge is 0.228 e. The summed E-state index contributed by atoms with van der Waals surface area (Å²) in [5.41, 5.74) is 4.10. The molecule has 0 aliphatic rings. The summed E-state index contributed by atoms with van der Waals surface area (Å²) in [6, 6.07) is 26.8. The number of aromatic amines is 1. The number of nitrogens with one attached hydrogen (secondary N) is 1. The molecule has 0 saturated heterocycles. The number of hydrogen-bond acceptors (Lipinski definition) is 3. The van der Waals surface area contributed by atoms with Gasteiger partial charge in [-0.3, -0.25) is 4.79 Å². The Hall–Kier alpha value is -3.66. The highest BCUT2D eigenvalue weighted by atomic mass is 16.5. The van der Waals surface area contributed by atoms with Gasteiger partial charge in [0, 0.05) is 16.7 Å². The van der Waals surface area contributed by atoms with Crippen LogP contribution in [0.1, 0.15) is 16.2 Å². The highest BCUT2D eigenvalue weighted by molar-refractivity contribution is 6.07. The van der Waals surface area contributed by atoms with Gasteiger partial charge in [0.15, 0.2) is 5.82 Å². The maximum atomic E-state index is 12.9. The molecule has 4 heteroatoms. The molecule has 1 N–H and O–H groups in total. The van der Waals surface area contributed by atoms with Gasteiger partial charge in [0.1, 0.15) is 5.75 Å². The Morgan fingerprint density at radius 1 is 0.815 bits per heavy atom. The second-order valence-corrected chi connectivity index (χ2v) is 6.10. The number of rotatable bonds is 5. The summed E-state index contributed by atoms with van der Waals surface area (Å²) in [6.07, 6.45) is 0. The summed E-state index contributed by atoms with van der Waals surface area (Å²) in [6.45, 7) is 0. The summed E-state index contributed by atoms with van der Waals surface area (Å²) >= 11 is 0. The molecule has 0 unspecified atom stereocenters. The fourth-order valence-corrected chi connectivity index (χ4v) is 2.98. The van der Waals surface area contributed by atoms with E-state index in [1.54, 1.807) is 31.4 Å². The first-order valence-corrected chi connectivity index (χ1v) is 8.66. The summed E-state index contributed by atoms with van der Waals surface area (Å²) in [5.74, 6) is 0.871. The number of aromatic nitrogens is 2. The first-order valence-electron chi connectivity index (χ1n) is 8.66. The summed E-state index contributed by atoms with van der Waals surface area (Å²) in [7, 11) is 1.60. The van der Waals surface area contributed by atoms with Gasteiger partial charge in [-0.15, -0.1) is 0 Å². The number of H-pyrrole nitrogens is 1. The minimum Gasteiger partial charge on any atom is -0.497 e. The molecule has 0 aliphatic heterocycles. The number of carbonyl (C=O) groups is 1. The lowest BCUT2D eigenvalue weighted by molar-refractivity contribution is 0.103. The zero-order valence-electron chi connectivity index (χ0n) is 14.8. The largest absolute Gasteiger partial charge is 0.497 e. The highest BCUT2D eigenvalue weighted by Crippen LogP contribution is 2.30. The van der Waals surface area contributed by atoms with Crippen LogP contribution in [0.25, 0.3) is 22.5 Å². The Bertz CT molecular complexity index is 996. The fraction of sp³-hybridized carbons (Fsp3) is 0.0435. The van der Waals surface area contributed by atoms with E-state index < -0.39 is 0 Å². The third kappa shape index (κ3) is 3.37. The van der Waals surface area contributed by atoms with Crippen LogP contribution in [0.2, 0.25) is 0 Å². The standard InChI is InChI=1S/C23H18N2O2/c1-27-19-14-12-18(13-15-19)22(26)23-24-20(16-8-4-2-5-9-16)21(25-23)17-10-6-3-7-11-17/h2-15H,1H3,(H,24,25). The lowest BCUT2D eigenvalue weighted by Crippen LogP contribution is -2.03. The molecule has 0 spiro atoms. The molecular formula is C23H18N2O2. The number of benzene rings is 3. The molecule has 0 radical (unpaired) electrons. The SMILES string of the molecule is COc1ccc(C(=O)c2nc(-c3ccccc3)c(-c3ccccc3)[nH]2)cc1. The second-order valence-electron chi connectivity index (χ2n) is 6.10. The number of carbonyl (C=O) groups excluding carboxylic acids is 1. The topological polar surface area (TPSA) is 55.0 Å². The molecule has 0 aliphatic carbocycles. The van der Waals surface area contributed by atoms with Gasteiger partial charge in [0.25, 0.3) is 0 Å². The molecule has 0 bridgehead atoms. The van der Waals surface area contributed by atoms with Crippen molar-refractivity contribution in [1.82, 2.24) is 9.97 Å². The van der Waals surface area contributed by atoms with Crippen LogP contribution in [-0.4, -0.2) is 22.9 Å². The summed E-state index contributed by atoms with van der Waals surface area (Å²) < 4.78 is 5.16. The van der Waals surface area contributed by atoms with Gasteiger partial charge in [-0.2, -0.15) is 0 Å². The lowest BCUT2D eigenvalue weighted by atomic mass is 10.1. The van der Waals surface area contributed by atoms with Gasteiger partial charge in [-0.1, -0.05) is 60.7 Å². The van der Waals surface area contributed by atoms with Gasteiger partial charge in [0.05, 0.1) is 18.5 Å². The molecule has 4 aromatic rings. The second kappa shape index (κ2) is 7.30. The van der Waals surface area contributed by atoms with Crippen LogP contribution in [0.3, 0.4) is 0 Å². The van der Waals surface area contributed by atoms with E-state index in [1.165, 1.54) is 0 Å². The fourth-order valence-electron chi connectivity index (χ4n) is 2.98. The third-order valence-electron chi connectivity index (χ3n) is 4.38. The van der Waals surface area contributed by atoms with Gasteiger partial charge < -0.3 is 9.72 Å². The molecular weight excluding hydrogens is 336 g/mol. The van der Waals surface area contributed by atoms with Crippen molar-refractivity contribution >= 4 is 5.78 Å². The zero-order chi connectivity index (χ0) is 18.6. The summed E-state index contributed by atoms with van der Waals surface area (Å²) in [5, 5.41) is 0. The number of imidazole rings is 1. The van der Waals surface area contributed by atoms with Crippen LogP contribution < -0.4 is 4.74 Å². The minimum atomic E-state index is -0.156. The molecule has 0 atom stereocenters. The Morgan fingerprint density at radius 3 is 2.00 bits per heavy atom. The maximum absolute atomic E-state index is 12.9. The van der Waals surface area contributed by atoms with Crippen molar-refractivity contribution in [1.29, 1.82) is 0 Å². The molecule has 0 amide bonds. The Kier molecular flexibility index (Phi) is 4.54. The number of nitrogens with zero attached hydrogens (tertiary/aromatic N) is 1. The molecule has 0 saturated carbocycles. The van der Waals surface area contributed by atoms with E-state index in [9.17, 15) is 4.79 Å². The van der Waals surface area contributed by atoms with E-state index in [0.717, 1.165) is 22.5 Å². The van der Waals surface area contributed by atoms with E-state index in [-0.39, 0.29) is 5.78 Å². The number of ketones is 1. The lowest BCUT2D eigenvalue weighted by Gasteiger charge is -2.02. The quantitative estimate of drug-likeness (QED) is 0.514. The van der Waals surface area contributed by atoms with Crippen molar-refractivity contribution < 1.29 is 9.53 Å². The van der Waals surface area contributed by atoms with Crippen LogP contribution in [0.15, 0.2) is 84.9 Å². The van der Waals surface area contributed by atoms with Crippen molar-refractivity contribution in [2.75, 3.05) is 7.11 Å². The van der Waals surface area contributed by atoms with Crippen molar-refractivity contribution in [2.45, 2.75) is 0 Å². The van der Waals surface area contributed by atoms with Crippen LogP contribution in [-0.2, 0) is 0 Å². The Labute approximate surface area is 157 Å².